The average Bonchev–Trinajstić information content (AvgIpc) is 3.46. The van der Waals surface area contributed by atoms with E-state index < -0.39 is 15.8 Å². The first-order valence-electron chi connectivity index (χ1n) is 11.8. The fraction of sp³-hybridized carbons (Fsp3) is 0.440. The molecule has 3 aromatic rings. The molecule has 0 saturated carbocycles. The number of carbonyl (C=O) groups excluding carboxylic acids is 1. The topological polar surface area (TPSA) is 84.3 Å². The highest BCUT2D eigenvalue weighted by atomic mass is 32.2. The molecule has 0 radical (unpaired) electrons. The molecule has 9 heteroatoms. The van der Waals surface area contributed by atoms with Gasteiger partial charge in [0.15, 0.2) is 0 Å². The molecule has 0 spiro atoms. The van der Waals surface area contributed by atoms with Gasteiger partial charge in [0.25, 0.3) is 0 Å². The highest BCUT2D eigenvalue weighted by molar-refractivity contribution is 7.89. The number of aromatic nitrogens is 2. The summed E-state index contributed by atoms with van der Waals surface area (Å²) in [6, 6.07) is 9.78. The maximum Gasteiger partial charge on any atom is 0.243 e. The van der Waals surface area contributed by atoms with E-state index in [0.29, 0.717) is 25.0 Å². The van der Waals surface area contributed by atoms with Crippen molar-refractivity contribution in [2.45, 2.75) is 63.8 Å². The van der Waals surface area contributed by atoms with Gasteiger partial charge in [-0.1, -0.05) is 19.4 Å². The molecule has 0 unspecified atom stereocenters. The van der Waals surface area contributed by atoms with Gasteiger partial charge in [-0.2, -0.15) is 4.31 Å². The molecule has 1 aromatic heterocycles. The summed E-state index contributed by atoms with van der Waals surface area (Å²) in [6.07, 6.45) is 4.20. The van der Waals surface area contributed by atoms with E-state index in [1.807, 2.05) is 6.07 Å². The number of hydrogen-bond donors (Lipinski definition) is 1. The van der Waals surface area contributed by atoms with Crippen LogP contribution >= 0.6 is 0 Å². The van der Waals surface area contributed by atoms with Crippen molar-refractivity contribution in [3.63, 3.8) is 0 Å². The normalized spacial score (nSPS) is 14.7. The Labute approximate surface area is 200 Å². The molecule has 34 heavy (non-hydrogen) atoms. The van der Waals surface area contributed by atoms with Gasteiger partial charge in [-0.25, -0.2) is 17.8 Å². The van der Waals surface area contributed by atoms with Crippen LogP contribution in [0, 0.1) is 12.7 Å². The summed E-state index contributed by atoms with van der Waals surface area (Å²) in [5.41, 5.74) is 2.41. The summed E-state index contributed by atoms with van der Waals surface area (Å²) in [4.78, 5) is 17.4. The summed E-state index contributed by atoms with van der Waals surface area (Å²) in [5.74, 6) is -0.0388. The Morgan fingerprint density at radius 3 is 2.62 bits per heavy atom. The Kier molecular flexibility index (Phi) is 7.33. The van der Waals surface area contributed by atoms with Gasteiger partial charge < -0.3 is 9.88 Å². The van der Waals surface area contributed by atoms with Crippen LogP contribution in [0.3, 0.4) is 0 Å². The molecular formula is C25H31FN4O3S. The summed E-state index contributed by atoms with van der Waals surface area (Å²) in [7, 11) is -3.53. The van der Waals surface area contributed by atoms with Crippen LogP contribution < -0.4 is 5.32 Å². The van der Waals surface area contributed by atoms with Crippen molar-refractivity contribution >= 4 is 32.7 Å². The van der Waals surface area contributed by atoms with Crippen molar-refractivity contribution in [2.24, 2.45) is 0 Å². The zero-order chi connectivity index (χ0) is 24.3. The third kappa shape index (κ3) is 5.15. The Morgan fingerprint density at radius 1 is 1.15 bits per heavy atom. The van der Waals surface area contributed by atoms with Crippen LogP contribution in [0.25, 0.3) is 11.0 Å². The number of rotatable bonds is 9. The third-order valence-corrected chi connectivity index (χ3v) is 8.11. The highest BCUT2D eigenvalue weighted by Gasteiger charge is 2.28. The lowest BCUT2D eigenvalue weighted by atomic mass is 10.2. The predicted molar refractivity (Wildman–Crippen MR) is 131 cm³/mol. The molecule has 7 nitrogen and oxygen atoms in total. The van der Waals surface area contributed by atoms with Crippen LogP contribution in [0.15, 0.2) is 41.3 Å². The van der Waals surface area contributed by atoms with E-state index in [4.69, 9.17) is 4.98 Å². The molecule has 4 rings (SSSR count). The number of carbonyl (C=O) groups is 1. The van der Waals surface area contributed by atoms with Crippen molar-refractivity contribution in [3.05, 3.63) is 53.6 Å². The maximum absolute atomic E-state index is 14.1. The lowest BCUT2D eigenvalue weighted by molar-refractivity contribution is -0.116. The Hall–Kier alpha value is -2.78. The molecule has 1 saturated heterocycles. The zero-order valence-electron chi connectivity index (χ0n) is 19.7. The molecule has 1 amide bonds. The predicted octanol–water partition coefficient (Wildman–Crippen LogP) is 4.64. The maximum atomic E-state index is 14.1. The molecule has 1 N–H and O–H groups in total. The van der Waals surface area contributed by atoms with E-state index in [2.05, 4.69) is 16.8 Å². The molecule has 2 aromatic carbocycles. The van der Waals surface area contributed by atoms with Gasteiger partial charge in [-0.15, -0.1) is 0 Å². The van der Waals surface area contributed by atoms with Crippen LogP contribution in [-0.2, 0) is 27.8 Å². The number of benzene rings is 2. The second-order valence-electron chi connectivity index (χ2n) is 8.83. The second-order valence-corrected chi connectivity index (χ2v) is 10.8. The molecule has 0 bridgehead atoms. The van der Waals surface area contributed by atoms with Crippen molar-refractivity contribution < 1.29 is 17.6 Å². The number of nitrogens with zero attached hydrogens (tertiary/aromatic N) is 3. The number of fused-ring (bicyclic) bond motifs is 1. The van der Waals surface area contributed by atoms with Crippen LogP contribution in [0.4, 0.5) is 10.1 Å². The molecule has 0 aliphatic carbocycles. The number of aryl methyl sites for hydroxylation is 3. The minimum absolute atomic E-state index is 0.141. The number of hydrogen-bond acceptors (Lipinski definition) is 4. The van der Waals surface area contributed by atoms with E-state index >= 15 is 0 Å². The fourth-order valence-electron chi connectivity index (χ4n) is 4.31. The van der Waals surface area contributed by atoms with Gasteiger partial charge in [0.2, 0.25) is 15.9 Å². The second kappa shape index (κ2) is 10.2. The molecule has 0 atom stereocenters. The van der Waals surface area contributed by atoms with Crippen LogP contribution in [-0.4, -0.2) is 41.3 Å². The van der Waals surface area contributed by atoms with Gasteiger partial charge in [-0.3, -0.25) is 4.79 Å². The number of nitrogens with one attached hydrogen (secondary N) is 1. The van der Waals surface area contributed by atoms with Crippen molar-refractivity contribution in [1.29, 1.82) is 0 Å². The molecule has 182 valence electrons. The van der Waals surface area contributed by atoms with E-state index in [1.54, 1.807) is 31.2 Å². The van der Waals surface area contributed by atoms with Gasteiger partial charge >= 0.3 is 0 Å². The van der Waals surface area contributed by atoms with E-state index in [1.165, 1.54) is 10.4 Å². The van der Waals surface area contributed by atoms with Gasteiger partial charge in [0.05, 0.1) is 21.6 Å². The first-order valence-corrected chi connectivity index (χ1v) is 13.3. The van der Waals surface area contributed by atoms with Crippen LogP contribution in [0.2, 0.25) is 0 Å². The molecule has 2 heterocycles. The van der Waals surface area contributed by atoms with Crippen LogP contribution in [0.5, 0.6) is 0 Å². The Balaban J connectivity index is 1.56. The minimum Gasteiger partial charge on any atom is -0.328 e. The summed E-state index contributed by atoms with van der Waals surface area (Å²) < 4.78 is 43.6. The summed E-state index contributed by atoms with van der Waals surface area (Å²) in [5, 5.41) is 2.63. The molecule has 1 aliphatic heterocycles. The van der Waals surface area contributed by atoms with E-state index in [-0.39, 0.29) is 22.9 Å². The largest absolute Gasteiger partial charge is 0.328 e. The van der Waals surface area contributed by atoms with Crippen molar-refractivity contribution in [3.8, 4) is 0 Å². The number of anilines is 1. The standard InChI is InChI=1S/C25H31FN4O3S/c1-3-4-15-30-23-10-8-19(34(32,33)29-13-5-6-14-29)17-22(23)27-24(30)11-12-25(31)28-21-9-7-18(2)16-20(21)26/h7-10,16-17H,3-6,11-15H2,1-2H3,(H,28,31). The number of sulfonamides is 1. The SMILES string of the molecule is CCCCn1c(CCC(=O)Nc2ccc(C)cc2F)nc2cc(S(=O)(=O)N3CCCC3)ccc21. The summed E-state index contributed by atoms with van der Waals surface area (Å²) in [6.45, 7) is 5.72. The Morgan fingerprint density at radius 2 is 1.91 bits per heavy atom. The first-order chi connectivity index (χ1) is 16.3. The number of imidazole rings is 1. The lowest BCUT2D eigenvalue weighted by Gasteiger charge is -2.15. The van der Waals surface area contributed by atoms with Gasteiger partial charge in [0.1, 0.15) is 11.6 Å². The molecule has 1 fully saturated rings. The number of halogens is 1. The number of amides is 1. The summed E-state index contributed by atoms with van der Waals surface area (Å²) >= 11 is 0. The molecular weight excluding hydrogens is 455 g/mol. The molecule has 1 aliphatic rings. The minimum atomic E-state index is -3.53. The van der Waals surface area contributed by atoms with Crippen LogP contribution in [0.1, 0.15) is 50.4 Å². The van der Waals surface area contributed by atoms with E-state index in [0.717, 1.165) is 49.1 Å². The van der Waals surface area contributed by atoms with Crippen molar-refractivity contribution in [2.75, 3.05) is 18.4 Å². The smallest absolute Gasteiger partial charge is 0.243 e. The van der Waals surface area contributed by atoms with Gasteiger partial charge in [-0.05, 0) is 62.1 Å². The third-order valence-electron chi connectivity index (χ3n) is 6.21. The zero-order valence-corrected chi connectivity index (χ0v) is 20.5. The monoisotopic (exact) mass is 486 g/mol. The number of unbranched alkanes of at least 4 members (excludes halogenated alkanes) is 1. The van der Waals surface area contributed by atoms with Gasteiger partial charge in [0, 0.05) is 32.5 Å². The quantitative estimate of drug-likeness (QED) is 0.478. The van der Waals surface area contributed by atoms with Crippen molar-refractivity contribution in [1.82, 2.24) is 13.9 Å². The fourth-order valence-corrected chi connectivity index (χ4v) is 5.85. The highest BCUT2D eigenvalue weighted by Crippen LogP contribution is 2.26. The van der Waals surface area contributed by atoms with E-state index in [9.17, 15) is 17.6 Å². The Bertz CT molecular complexity index is 1300. The lowest BCUT2D eigenvalue weighted by Crippen LogP contribution is -2.27. The average molecular weight is 487 g/mol. The first kappa shape index (κ1) is 24.3.